The van der Waals surface area contributed by atoms with Crippen LogP contribution in [-0.2, 0) is 16.2 Å². The van der Waals surface area contributed by atoms with Crippen molar-refractivity contribution in [2.75, 3.05) is 17.2 Å². The topological polar surface area (TPSA) is 107 Å². The monoisotopic (exact) mass is 723 g/mol. The number of amides is 2. The van der Waals surface area contributed by atoms with E-state index in [2.05, 4.69) is 58.2 Å². The van der Waals surface area contributed by atoms with Crippen molar-refractivity contribution in [1.29, 1.82) is 0 Å². The van der Waals surface area contributed by atoms with Crippen LogP contribution in [0.5, 0.6) is 0 Å². The normalized spacial score (nSPS) is 17.5. The first kappa shape index (κ1) is 33.2. The van der Waals surface area contributed by atoms with E-state index in [1.165, 1.54) is 24.3 Å². The van der Waals surface area contributed by atoms with E-state index in [1.807, 2.05) is 31.4 Å². The van der Waals surface area contributed by atoms with Crippen LogP contribution in [-0.4, -0.2) is 53.9 Å². The molecule has 0 bridgehead atoms. The van der Waals surface area contributed by atoms with Crippen LogP contribution in [0.4, 0.5) is 20.6 Å². The number of carbonyl (C=O) groups excluding carboxylic acids is 2. The van der Waals surface area contributed by atoms with Gasteiger partial charge in [-0.25, -0.2) is 14.2 Å². The number of fused-ring (bicyclic) bond motifs is 1. The molecule has 9 nitrogen and oxygen atoms in total. The van der Waals surface area contributed by atoms with Gasteiger partial charge < -0.3 is 25.4 Å². The molecule has 1 aromatic carbocycles. The summed E-state index contributed by atoms with van der Waals surface area (Å²) >= 11 is 2.28. The molecule has 12 heteroatoms. The number of hydrogen-bond acceptors (Lipinski definition) is 6. The lowest BCUT2D eigenvalue weighted by Crippen LogP contribution is -2.42. The maximum absolute atomic E-state index is 13.5. The summed E-state index contributed by atoms with van der Waals surface area (Å²) in [4.78, 5) is 30.5. The molecule has 2 aromatic heterocycles. The number of aromatic nitrogens is 2. The summed E-state index contributed by atoms with van der Waals surface area (Å²) in [7, 11) is -1.22. The fourth-order valence-corrected chi connectivity index (χ4v) is 6.38. The number of rotatable bonds is 10. The number of nitrogens with zero attached hydrogens (tertiary/aromatic N) is 2. The predicted octanol–water partition coefficient (Wildman–Crippen LogP) is 7.59. The van der Waals surface area contributed by atoms with Gasteiger partial charge in [0.2, 0.25) is 0 Å². The molecule has 234 valence electrons. The molecule has 1 aliphatic carbocycles. The number of pyridine rings is 1. The highest BCUT2D eigenvalue weighted by Gasteiger charge is 2.27. The Morgan fingerprint density at radius 3 is 2.37 bits per heavy atom. The molecule has 3 N–H and O–H groups in total. The lowest BCUT2D eigenvalue weighted by atomic mass is 9.91. The summed E-state index contributed by atoms with van der Waals surface area (Å²) < 4.78 is 27.9. The molecule has 2 amide bonds. The van der Waals surface area contributed by atoms with Crippen LogP contribution in [0.15, 0.2) is 36.5 Å². The first-order chi connectivity index (χ1) is 20.2. The first-order valence-electron chi connectivity index (χ1n) is 14.8. The largest absolute Gasteiger partial charge is 0.444 e. The zero-order valence-corrected chi connectivity index (χ0v) is 29.0. The molecule has 2 heterocycles. The van der Waals surface area contributed by atoms with E-state index in [4.69, 9.17) is 14.5 Å². The molecule has 1 aliphatic rings. The van der Waals surface area contributed by atoms with Crippen molar-refractivity contribution in [3.8, 4) is 0 Å². The second-order valence-electron chi connectivity index (χ2n) is 13.3. The van der Waals surface area contributed by atoms with Crippen LogP contribution in [0, 0.1) is 9.52 Å². The molecule has 1 fully saturated rings. The Balaban J connectivity index is 1.55. The first-order valence-corrected chi connectivity index (χ1v) is 19.6. The van der Waals surface area contributed by atoms with E-state index >= 15 is 0 Å². The van der Waals surface area contributed by atoms with Gasteiger partial charge in [-0.05, 0) is 105 Å². The number of anilines is 2. The summed E-state index contributed by atoms with van der Waals surface area (Å²) in [5.74, 6) is -0.707. The molecule has 0 spiro atoms. The molecule has 0 unspecified atom stereocenters. The van der Waals surface area contributed by atoms with E-state index in [1.54, 1.807) is 6.20 Å². The highest BCUT2D eigenvalue weighted by atomic mass is 127. The van der Waals surface area contributed by atoms with Gasteiger partial charge in [-0.15, -0.1) is 0 Å². The zero-order chi connectivity index (χ0) is 31.4. The molecule has 43 heavy (non-hydrogen) atoms. The van der Waals surface area contributed by atoms with Gasteiger partial charge in [-0.3, -0.25) is 9.36 Å². The molecule has 0 radical (unpaired) electrons. The van der Waals surface area contributed by atoms with Crippen molar-refractivity contribution in [3.05, 3.63) is 51.6 Å². The molecule has 1 saturated carbocycles. The fraction of sp³-hybridized carbons (Fsp3) is 0.516. The second-order valence-corrected chi connectivity index (χ2v) is 20.1. The number of halogens is 2. The SMILES string of the molecule is CC(C)(C)OC(=O)N[C@H]1CC[C@H](Nc2c(C(=O)Nc3ccc(F)cc3)cnc3c2cc(I)n3COCC[Si](C)(C)C)CC1. The van der Waals surface area contributed by atoms with E-state index < -0.39 is 19.8 Å². The van der Waals surface area contributed by atoms with Crippen molar-refractivity contribution >= 4 is 65.1 Å². The average molecular weight is 724 g/mol. The van der Waals surface area contributed by atoms with Gasteiger partial charge in [0.1, 0.15) is 23.8 Å². The number of alkyl carbamates (subject to hydrolysis) is 1. The van der Waals surface area contributed by atoms with Crippen LogP contribution in [0.25, 0.3) is 11.0 Å². The van der Waals surface area contributed by atoms with Crippen LogP contribution >= 0.6 is 22.6 Å². The van der Waals surface area contributed by atoms with Crippen molar-refractivity contribution in [1.82, 2.24) is 14.9 Å². The van der Waals surface area contributed by atoms with Crippen molar-refractivity contribution in [3.63, 3.8) is 0 Å². The summed E-state index contributed by atoms with van der Waals surface area (Å²) in [6, 6.07) is 8.90. The van der Waals surface area contributed by atoms with Gasteiger partial charge in [-0.2, -0.15) is 0 Å². The molecule has 0 aliphatic heterocycles. The number of benzene rings is 1. The Morgan fingerprint density at radius 2 is 1.74 bits per heavy atom. The zero-order valence-electron chi connectivity index (χ0n) is 25.9. The maximum atomic E-state index is 13.5. The number of hydrogen-bond donors (Lipinski definition) is 3. The maximum Gasteiger partial charge on any atom is 0.407 e. The Morgan fingerprint density at radius 1 is 1.09 bits per heavy atom. The third-order valence-electron chi connectivity index (χ3n) is 7.23. The van der Waals surface area contributed by atoms with E-state index in [-0.39, 0.29) is 23.8 Å². The number of nitrogens with one attached hydrogen (secondary N) is 3. The summed E-state index contributed by atoms with van der Waals surface area (Å²) in [6.45, 7) is 13.6. The smallest absolute Gasteiger partial charge is 0.407 e. The average Bonchev–Trinajstić information content (AvgIpc) is 3.23. The standard InChI is InChI=1S/C31H43FIN5O4Si/c1-31(2,3)42-30(40)37-23-13-11-21(12-14-23)35-27-24-17-26(33)38(19-41-15-16-43(4,5)6)28(24)34-18-25(27)29(39)36-22-9-7-20(32)8-10-22/h7-10,17-18,21,23H,11-16,19H2,1-6H3,(H,34,35)(H,36,39)(H,37,40)/t21-,23-. The van der Waals surface area contributed by atoms with E-state index in [9.17, 15) is 14.0 Å². The Hall–Kier alpha value is -2.71. The summed E-state index contributed by atoms with van der Waals surface area (Å²) in [6.07, 6.45) is 4.37. The second kappa shape index (κ2) is 13.9. The lowest BCUT2D eigenvalue weighted by Gasteiger charge is -2.31. The van der Waals surface area contributed by atoms with Gasteiger partial charge in [0, 0.05) is 44.0 Å². The molecular formula is C31H43FIN5O4Si. The Kier molecular flexibility index (Phi) is 10.8. The minimum atomic E-state index is -1.22. The van der Waals surface area contributed by atoms with Crippen LogP contribution in [0.1, 0.15) is 56.8 Å². The van der Waals surface area contributed by atoms with Gasteiger partial charge in [0.05, 0.1) is 15.0 Å². The number of carbonyl (C=O) groups is 2. The molecular weight excluding hydrogens is 680 g/mol. The van der Waals surface area contributed by atoms with Gasteiger partial charge in [0.25, 0.3) is 5.91 Å². The Bertz CT molecular complexity index is 1430. The minimum Gasteiger partial charge on any atom is -0.444 e. The highest BCUT2D eigenvalue weighted by Crippen LogP contribution is 2.33. The van der Waals surface area contributed by atoms with Crippen molar-refractivity contribution < 1.29 is 23.5 Å². The van der Waals surface area contributed by atoms with Crippen molar-refractivity contribution in [2.45, 2.75) is 96.6 Å². The quantitative estimate of drug-likeness (QED) is 0.113. The molecule has 0 atom stereocenters. The lowest BCUT2D eigenvalue weighted by molar-refractivity contribution is 0.0492. The summed E-state index contributed by atoms with van der Waals surface area (Å²) in [5.41, 5.74) is 1.78. The fourth-order valence-electron chi connectivity index (χ4n) is 4.94. The molecule has 0 saturated heterocycles. The van der Waals surface area contributed by atoms with Gasteiger partial charge in [-0.1, -0.05) is 19.6 Å². The van der Waals surface area contributed by atoms with Gasteiger partial charge >= 0.3 is 6.09 Å². The van der Waals surface area contributed by atoms with E-state index in [0.717, 1.165) is 46.5 Å². The minimum absolute atomic E-state index is 0.0296. The molecule has 3 aromatic rings. The van der Waals surface area contributed by atoms with Gasteiger partial charge in [0.15, 0.2) is 0 Å². The Labute approximate surface area is 267 Å². The predicted molar refractivity (Wildman–Crippen MR) is 180 cm³/mol. The van der Waals surface area contributed by atoms with Crippen molar-refractivity contribution in [2.24, 2.45) is 0 Å². The number of ether oxygens (including phenoxy) is 2. The highest BCUT2D eigenvalue weighted by molar-refractivity contribution is 14.1. The van der Waals surface area contributed by atoms with Crippen LogP contribution in [0.3, 0.4) is 0 Å². The third-order valence-corrected chi connectivity index (χ3v) is 9.83. The third kappa shape index (κ3) is 9.64. The molecule has 4 rings (SSSR count). The van der Waals surface area contributed by atoms with E-state index in [0.29, 0.717) is 30.3 Å². The summed E-state index contributed by atoms with van der Waals surface area (Å²) in [5, 5.41) is 10.3. The van der Waals surface area contributed by atoms with Crippen LogP contribution < -0.4 is 16.0 Å². The van der Waals surface area contributed by atoms with Crippen LogP contribution in [0.2, 0.25) is 25.7 Å².